The summed E-state index contributed by atoms with van der Waals surface area (Å²) < 4.78 is 1.44. The quantitative estimate of drug-likeness (QED) is 0.396. The molecule has 0 saturated carbocycles. The number of aromatic nitrogens is 5. The molecule has 0 unspecified atom stereocenters. The summed E-state index contributed by atoms with van der Waals surface area (Å²) in [5, 5.41) is 13.2. The molecule has 1 saturated heterocycles. The summed E-state index contributed by atoms with van der Waals surface area (Å²) in [6, 6.07) is 8.78. The molecule has 2 atom stereocenters. The van der Waals surface area contributed by atoms with Crippen molar-refractivity contribution in [1.29, 1.82) is 0 Å². The number of carbonyl (C=O) groups is 2. The third-order valence-electron chi connectivity index (χ3n) is 5.98. The minimum absolute atomic E-state index is 0.0522. The van der Waals surface area contributed by atoms with Crippen LogP contribution in [-0.2, 0) is 4.79 Å². The lowest BCUT2D eigenvalue weighted by molar-refractivity contribution is -0.133. The molecule has 2 aromatic heterocycles. The highest BCUT2D eigenvalue weighted by Gasteiger charge is 2.31. The van der Waals surface area contributed by atoms with Crippen LogP contribution < -0.4 is 26.6 Å². The Hall–Kier alpha value is -4.42. The number of nitrogens with two attached hydrogens (primary N) is 1. The van der Waals surface area contributed by atoms with Gasteiger partial charge in [0.1, 0.15) is 12.1 Å². The number of rotatable bonds is 5. The second-order valence-electron chi connectivity index (χ2n) is 10.5. The maximum Gasteiger partial charge on any atom is 0.319 e. The highest BCUT2D eigenvalue weighted by atomic mass is 16.2. The van der Waals surface area contributed by atoms with E-state index in [2.05, 4.69) is 40.9 Å². The van der Waals surface area contributed by atoms with Crippen molar-refractivity contribution in [1.82, 2.24) is 34.9 Å². The Morgan fingerprint density at radius 1 is 1.00 bits per heavy atom. The number of hydrogen-bond donors (Lipinski definition) is 4. The molecule has 1 aliphatic heterocycles. The lowest BCUT2D eigenvalue weighted by atomic mass is 10.1. The number of nitrogens with zero attached hydrogens (tertiary/aromatic N) is 7. The predicted molar refractivity (Wildman–Crippen MR) is 147 cm³/mol. The normalized spacial score (nSPS) is 17.7. The molecule has 3 heterocycles. The van der Waals surface area contributed by atoms with Crippen molar-refractivity contribution in [2.75, 3.05) is 34.4 Å². The maximum absolute atomic E-state index is 12.1. The fourth-order valence-corrected chi connectivity index (χ4v) is 4.57. The number of nitrogens with one attached hydrogen (secondary N) is 3. The van der Waals surface area contributed by atoms with E-state index in [-0.39, 0.29) is 35.5 Å². The Morgan fingerprint density at radius 2 is 1.61 bits per heavy atom. The Bertz CT molecular complexity index is 1290. The van der Waals surface area contributed by atoms with Crippen LogP contribution in [0.1, 0.15) is 41.5 Å². The molecule has 0 spiro atoms. The number of anilines is 5. The minimum atomic E-state index is -0.332. The molecule has 5 N–H and O–H groups in total. The molecule has 202 valence electrons. The lowest BCUT2D eigenvalue weighted by Crippen LogP contribution is -2.58. The first-order chi connectivity index (χ1) is 17.9. The van der Waals surface area contributed by atoms with E-state index in [1.165, 1.54) is 11.0 Å². The van der Waals surface area contributed by atoms with Crippen LogP contribution in [0.15, 0.2) is 36.7 Å². The number of piperazine rings is 1. The van der Waals surface area contributed by atoms with Gasteiger partial charge in [-0.2, -0.15) is 9.67 Å². The molecule has 1 fully saturated rings. The first kappa shape index (κ1) is 26.6. The highest BCUT2D eigenvalue weighted by molar-refractivity contribution is 5.89. The number of amides is 3. The van der Waals surface area contributed by atoms with E-state index in [1.54, 1.807) is 37.3 Å². The van der Waals surface area contributed by atoms with Crippen LogP contribution in [0.4, 0.5) is 33.9 Å². The van der Waals surface area contributed by atoms with Gasteiger partial charge in [-0.15, -0.1) is 5.10 Å². The fourth-order valence-electron chi connectivity index (χ4n) is 4.57. The van der Waals surface area contributed by atoms with Crippen LogP contribution in [0.25, 0.3) is 5.82 Å². The van der Waals surface area contributed by atoms with Gasteiger partial charge >= 0.3 is 6.03 Å². The van der Waals surface area contributed by atoms with Crippen molar-refractivity contribution < 1.29 is 9.59 Å². The minimum Gasteiger partial charge on any atom is -0.368 e. The summed E-state index contributed by atoms with van der Waals surface area (Å²) in [4.78, 5) is 41.2. The SMILES string of the molecule is CC(=O)N1[C@H](C)CN(c2cc(-n3nc(Nc4ccc(NC(=O)NC(C)(C)C)cc4)nc3N)ncn2)C[C@@H]1C. The maximum atomic E-state index is 12.1. The lowest BCUT2D eigenvalue weighted by Gasteiger charge is -2.44. The molecule has 1 aliphatic rings. The molecular formula is C25H35N11O2. The fraction of sp³-hybridized carbons (Fsp3) is 0.440. The monoisotopic (exact) mass is 521 g/mol. The van der Waals surface area contributed by atoms with Crippen LogP contribution in [0.3, 0.4) is 0 Å². The van der Waals surface area contributed by atoms with Gasteiger partial charge in [0.05, 0.1) is 0 Å². The van der Waals surface area contributed by atoms with Crippen LogP contribution in [0.5, 0.6) is 0 Å². The zero-order valence-corrected chi connectivity index (χ0v) is 22.6. The van der Waals surface area contributed by atoms with E-state index in [9.17, 15) is 9.59 Å². The Kier molecular flexibility index (Phi) is 7.37. The molecular weight excluding hydrogens is 486 g/mol. The number of hydrogen-bond acceptors (Lipinski definition) is 9. The second-order valence-corrected chi connectivity index (χ2v) is 10.5. The highest BCUT2D eigenvalue weighted by Crippen LogP contribution is 2.24. The predicted octanol–water partition coefficient (Wildman–Crippen LogP) is 2.75. The molecule has 0 bridgehead atoms. The van der Waals surface area contributed by atoms with E-state index in [0.29, 0.717) is 30.5 Å². The zero-order valence-electron chi connectivity index (χ0n) is 22.6. The smallest absolute Gasteiger partial charge is 0.319 e. The number of carbonyl (C=O) groups excluding carboxylic acids is 2. The third kappa shape index (κ3) is 6.28. The summed E-state index contributed by atoms with van der Waals surface area (Å²) in [5.41, 5.74) is 7.20. The van der Waals surface area contributed by atoms with E-state index in [4.69, 9.17) is 5.73 Å². The molecule has 0 aliphatic carbocycles. The molecule has 0 radical (unpaired) electrons. The average Bonchev–Trinajstić information content (AvgIpc) is 3.18. The first-order valence-electron chi connectivity index (χ1n) is 12.4. The van der Waals surface area contributed by atoms with Crippen LogP contribution >= 0.6 is 0 Å². The van der Waals surface area contributed by atoms with Crippen molar-refractivity contribution in [3.63, 3.8) is 0 Å². The molecule has 38 heavy (non-hydrogen) atoms. The Morgan fingerprint density at radius 3 is 2.21 bits per heavy atom. The Labute approximate surface area is 221 Å². The molecule has 4 rings (SSSR count). The van der Waals surface area contributed by atoms with Gasteiger partial charge in [-0.25, -0.2) is 14.8 Å². The molecule has 1 aromatic carbocycles. The van der Waals surface area contributed by atoms with Gasteiger partial charge in [0.15, 0.2) is 5.82 Å². The zero-order chi connectivity index (χ0) is 27.6. The van der Waals surface area contributed by atoms with Gasteiger partial charge in [-0.1, -0.05) is 0 Å². The van der Waals surface area contributed by atoms with Gasteiger partial charge in [0.2, 0.25) is 17.8 Å². The van der Waals surface area contributed by atoms with Gasteiger partial charge in [0.25, 0.3) is 0 Å². The molecule has 3 aromatic rings. The van der Waals surface area contributed by atoms with Crippen molar-refractivity contribution in [2.24, 2.45) is 0 Å². The molecule has 3 amide bonds. The van der Waals surface area contributed by atoms with Crippen molar-refractivity contribution in [3.05, 3.63) is 36.7 Å². The largest absolute Gasteiger partial charge is 0.368 e. The summed E-state index contributed by atoms with van der Waals surface area (Å²) >= 11 is 0. The van der Waals surface area contributed by atoms with Crippen molar-refractivity contribution >= 4 is 41.0 Å². The van der Waals surface area contributed by atoms with Crippen LogP contribution in [-0.4, -0.2) is 72.3 Å². The number of benzene rings is 1. The molecule has 13 heteroatoms. The summed E-state index contributed by atoms with van der Waals surface area (Å²) in [7, 11) is 0. The molecule has 13 nitrogen and oxygen atoms in total. The second kappa shape index (κ2) is 10.5. The summed E-state index contributed by atoms with van der Waals surface area (Å²) in [6.45, 7) is 12.7. The van der Waals surface area contributed by atoms with E-state index in [1.807, 2.05) is 39.5 Å². The van der Waals surface area contributed by atoms with Crippen molar-refractivity contribution in [2.45, 2.75) is 59.2 Å². The van der Waals surface area contributed by atoms with Crippen molar-refractivity contribution in [3.8, 4) is 5.82 Å². The van der Waals surface area contributed by atoms with Crippen LogP contribution in [0.2, 0.25) is 0 Å². The first-order valence-corrected chi connectivity index (χ1v) is 12.4. The van der Waals surface area contributed by atoms with Gasteiger partial charge in [-0.05, 0) is 58.9 Å². The van der Waals surface area contributed by atoms with Crippen LogP contribution in [0, 0.1) is 0 Å². The van der Waals surface area contributed by atoms with Gasteiger partial charge < -0.3 is 31.5 Å². The third-order valence-corrected chi connectivity index (χ3v) is 5.98. The van der Waals surface area contributed by atoms with E-state index >= 15 is 0 Å². The summed E-state index contributed by atoms with van der Waals surface area (Å²) in [5.74, 6) is 1.73. The van der Waals surface area contributed by atoms with Gasteiger partial charge in [-0.3, -0.25) is 4.79 Å². The standard InChI is InChI=1S/C25H35N11O2/c1-15-12-34(13-16(2)35(15)17(3)37)20-11-21(28-14-27-20)36-22(26)31-23(33-36)29-18-7-9-19(10-8-18)30-24(38)32-25(4,5)6/h7-11,14-16H,12-13H2,1-6H3,(H2,30,32,38)(H3,26,29,31,33)/t15-,16+. The van der Waals surface area contributed by atoms with Gasteiger partial charge in [0, 0.05) is 55.1 Å². The van der Waals surface area contributed by atoms with E-state index in [0.717, 1.165) is 11.5 Å². The topological polar surface area (TPSA) is 159 Å². The number of urea groups is 1. The number of nitrogen functional groups attached to an aromatic ring is 1. The summed E-state index contributed by atoms with van der Waals surface area (Å²) in [6.07, 6.45) is 1.47. The Balaban J connectivity index is 1.45. The van der Waals surface area contributed by atoms with E-state index < -0.39 is 0 Å². The average molecular weight is 522 g/mol.